The molecule has 1 N–H and O–H groups in total. The molecule has 1 fully saturated rings. The molecule has 3 heteroatoms. The van der Waals surface area contributed by atoms with Crippen LogP contribution in [0.4, 0.5) is 0 Å². The minimum Gasteiger partial charge on any atom is -0.314 e. The molecule has 0 bridgehead atoms. The Labute approximate surface area is 58.2 Å². The fourth-order valence-corrected chi connectivity index (χ4v) is 0.361. The van der Waals surface area contributed by atoms with Crippen LogP contribution in [0.1, 0.15) is 26.7 Å². The van der Waals surface area contributed by atoms with Crippen molar-refractivity contribution in [2.24, 2.45) is 0 Å². The summed E-state index contributed by atoms with van der Waals surface area (Å²) in [6.45, 7) is 5.25. The second-order valence-electron chi connectivity index (χ2n) is 2.10. The molecule has 0 aliphatic carbocycles. The molecule has 0 spiro atoms. The molecule has 0 aromatic rings. The molecule has 0 unspecified atom stereocenters. The van der Waals surface area contributed by atoms with Gasteiger partial charge in [0, 0.05) is 0 Å². The SMILES string of the molecule is B1CCON1.CCCC. The number of hydrogen-bond donors (Lipinski definition) is 1. The Morgan fingerprint density at radius 2 is 2.11 bits per heavy atom. The lowest BCUT2D eigenvalue weighted by Crippen LogP contribution is -2.05. The minimum atomic E-state index is 0.889. The molecule has 0 aromatic heterocycles. The van der Waals surface area contributed by atoms with Crippen molar-refractivity contribution in [1.82, 2.24) is 5.39 Å². The van der Waals surface area contributed by atoms with Crippen molar-refractivity contribution >= 4 is 7.41 Å². The number of hydrogen-bond acceptors (Lipinski definition) is 2. The molecule has 2 nitrogen and oxygen atoms in total. The minimum absolute atomic E-state index is 0.889. The monoisotopic (exact) mass is 129 g/mol. The highest BCUT2D eigenvalue weighted by Gasteiger charge is 1.96. The van der Waals surface area contributed by atoms with Crippen molar-refractivity contribution in [1.29, 1.82) is 0 Å². The molecular weight excluding hydrogens is 113 g/mol. The summed E-state index contributed by atoms with van der Waals surface area (Å²) in [4.78, 5) is 4.69. The van der Waals surface area contributed by atoms with Crippen molar-refractivity contribution in [2.75, 3.05) is 6.61 Å². The lowest BCUT2D eigenvalue weighted by atomic mass is 9.94. The molecular formula is C6H16BNO. The quantitative estimate of drug-likeness (QED) is 0.535. The zero-order valence-electron chi connectivity index (χ0n) is 6.44. The molecule has 1 saturated heterocycles. The Hall–Kier alpha value is -0.0151. The predicted octanol–water partition coefficient (Wildman–Crippen LogP) is 1.10. The highest BCUT2D eigenvalue weighted by atomic mass is 16.6. The van der Waals surface area contributed by atoms with Gasteiger partial charge in [-0.1, -0.05) is 26.7 Å². The second kappa shape index (κ2) is 7.98. The summed E-state index contributed by atoms with van der Waals surface area (Å²) in [7, 11) is 1.03. The summed E-state index contributed by atoms with van der Waals surface area (Å²) in [6.07, 6.45) is 3.81. The number of rotatable bonds is 1. The maximum Gasteiger partial charge on any atom is 0.236 e. The highest BCUT2D eigenvalue weighted by molar-refractivity contribution is 6.32. The van der Waals surface area contributed by atoms with Crippen LogP contribution >= 0.6 is 0 Å². The third-order valence-corrected chi connectivity index (χ3v) is 1.13. The third-order valence-electron chi connectivity index (χ3n) is 1.13. The van der Waals surface area contributed by atoms with Gasteiger partial charge in [0.15, 0.2) is 0 Å². The summed E-state index contributed by atoms with van der Waals surface area (Å²) in [6, 6.07) is 0. The Morgan fingerprint density at radius 3 is 2.22 bits per heavy atom. The highest BCUT2D eigenvalue weighted by Crippen LogP contribution is 1.82. The fourth-order valence-electron chi connectivity index (χ4n) is 0.361. The molecule has 0 atom stereocenters. The lowest BCUT2D eigenvalue weighted by molar-refractivity contribution is 0.128. The van der Waals surface area contributed by atoms with E-state index in [-0.39, 0.29) is 0 Å². The van der Waals surface area contributed by atoms with Gasteiger partial charge < -0.3 is 4.84 Å². The lowest BCUT2D eigenvalue weighted by Gasteiger charge is -1.80. The van der Waals surface area contributed by atoms with Crippen molar-refractivity contribution in [3.05, 3.63) is 0 Å². The predicted molar refractivity (Wildman–Crippen MR) is 41.6 cm³/mol. The van der Waals surface area contributed by atoms with Gasteiger partial charge in [0.1, 0.15) is 0 Å². The van der Waals surface area contributed by atoms with Crippen molar-refractivity contribution in [3.63, 3.8) is 0 Å². The Bertz CT molecular complexity index is 38.7. The van der Waals surface area contributed by atoms with Gasteiger partial charge in [0.25, 0.3) is 0 Å². The van der Waals surface area contributed by atoms with Gasteiger partial charge in [-0.15, -0.1) is 0 Å². The van der Waals surface area contributed by atoms with Gasteiger partial charge in [-0.25, -0.2) is 5.39 Å². The number of unbranched alkanes of at least 4 members (excludes halogenated alkanes) is 1. The van der Waals surface area contributed by atoms with Crippen molar-refractivity contribution in [2.45, 2.75) is 33.0 Å². The van der Waals surface area contributed by atoms with Crippen LogP contribution < -0.4 is 5.39 Å². The molecule has 1 rings (SSSR count). The molecule has 1 heterocycles. The van der Waals surface area contributed by atoms with Crippen LogP contribution in [0.5, 0.6) is 0 Å². The zero-order valence-corrected chi connectivity index (χ0v) is 6.44. The Balaban J connectivity index is 0.000000148. The van der Waals surface area contributed by atoms with E-state index in [9.17, 15) is 0 Å². The van der Waals surface area contributed by atoms with Crippen LogP contribution in [-0.2, 0) is 4.84 Å². The van der Waals surface area contributed by atoms with Crippen LogP contribution in [0.2, 0.25) is 6.32 Å². The average Bonchev–Trinajstić information content (AvgIpc) is 2.43. The van der Waals surface area contributed by atoms with Crippen LogP contribution in [-0.4, -0.2) is 14.0 Å². The standard InChI is InChI=1S/C4H10.C2H6BNO/c1-3-4-2;1-2-5-4-3-1/h3-4H2,1-2H3;3-4H,1-2H2. The normalized spacial score (nSPS) is 15.8. The summed E-state index contributed by atoms with van der Waals surface area (Å²) in [5.74, 6) is 0. The first-order valence-electron chi connectivity index (χ1n) is 3.76. The van der Waals surface area contributed by atoms with Crippen LogP contribution in [0, 0.1) is 0 Å². The topological polar surface area (TPSA) is 21.3 Å². The maximum absolute atomic E-state index is 4.69. The van der Waals surface area contributed by atoms with E-state index < -0.39 is 0 Å². The van der Waals surface area contributed by atoms with E-state index in [1.807, 2.05) is 0 Å². The van der Waals surface area contributed by atoms with E-state index in [0.717, 1.165) is 14.0 Å². The van der Waals surface area contributed by atoms with E-state index in [2.05, 4.69) is 19.2 Å². The molecule has 1 aliphatic heterocycles. The summed E-state index contributed by atoms with van der Waals surface area (Å²) in [5, 5.41) is 2.72. The first-order valence-corrected chi connectivity index (χ1v) is 3.76. The van der Waals surface area contributed by atoms with Crippen LogP contribution in [0.15, 0.2) is 0 Å². The van der Waals surface area contributed by atoms with Crippen molar-refractivity contribution in [3.8, 4) is 0 Å². The van der Waals surface area contributed by atoms with Gasteiger partial charge in [-0.2, -0.15) is 0 Å². The largest absolute Gasteiger partial charge is 0.314 e. The van der Waals surface area contributed by atoms with Crippen LogP contribution in [0.25, 0.3) is 0 Å². The molecule has 1 aliphatic rings. The van der Waals surface area contributed by atoms with E-state index in [1.165, 1.54) is 19.2 Å². The van der Waals surface area contributed by atoms with Gasteiger partial charge in [0.05, 0.1) is 6.61 Å². The summed E-state index contributed by atoms with van der Waals surface area (Å²) < 4.78 is 0. The molecule has 54 valence electrons. The first kappa shape index (κ1) is 8.98. The summed E-state index contributed by atoms with van der Waals surface area (Å²) in [5.41, 5.74) is 0. The van der Waals surface area contributed by atoms with E-state index in [4.69, 9.17) is 4.84 Å². The van der Waals surface area contributed by atoms with E-state index in [0.29, 0.717) is 0 Å². The molecule has 0 amide bonds. The van der Waals surface area contributed by atoms with Gasteiger partial charge in [-0.3, -0.25) is 0 Å². The fraction of sp³-hybridized carbons (Fsp3) is 1.00. The van der Waals surface area contributed by atoms with E-state index in [1.54, 1.807) is 0 Å². The Kier molecular flexibility index (Phi) is 7.97. The molecule has 0 aromatic carbocycles. The third kappa shape index (κ3) is 7.98. The van der Waals surface area contributed by atoms with Gasteiger partial charge in [0.2, 0.25) is 7.41 Å². The Morgan fingerprint density at radius 1 is 1.44 bits per heavy atom. The average molecular weight is 129 g/mol. The maximum atomic E-state index is 4.69. The molecule has 0 radical (unpaired) electrons. The second-order valence-corrected chi connectivity index (χ2v) is 2.10. The van der Waals surface area contributed by atoms with Gasteiger partial charge >= 0.3 is 0 Å². The van der Waals surface area contributed by atoms with E-state index >= 15 is 0 Å². The zero-order chi connectivity index (χ0) is 6.95. The summed E-state index contributed by atoms with van der Waals surface area (Å²) >= 11 is 0. The molecule has 0 saturated carbocycles. The van der Waals surface area contributed by atoms with Gasteiger partial charge in [-0.05, 0) is 6.32 Å². The van der Waals surface area contributed by atoms with Crippen LogP contribution in [0.3, 0.4) is 0 Å². The number of nitrogens with one attached hydrogen (secondary N) is 1. The smallest absolute Gasteiger partial charge is 0.236 e. The first-order chi connectivity index (χ1) is 4.41. The molecule has 9 heavy (non-hydrogen) atoms. The van der Waals surface area contributed by atoms with Crippen molar-refractivity contribution < 1.29 is 4.84 Å².